The molecule has 1 aromatic heterocycles. The highest BCUT2D eigenvalue weighted by molar-refractivity contribution is 7.99. The molecule has 0 unspecified atom stereocenters. The fraction of sp³-hybridized carbons (Fsp3) is 0.167. The minimum Gasteiger partial charge on any atom is -0.383 e. The molecular weight excluding hydrogens is 204 g/mol. The highest BCUT2D eigenvalue weighted by Crippen LogP contribution is 2.15. The number of carbonyl (C=O) groups is 1. The van der Waals surface area contributed by atoms with Crippen molar-refractivity contribution in [1.82, 2.24) is 15.4 Å². The molecule has 76 valence electrons. The van der Waals surface area contributed by atoms with Crippen LogP contribution in [-0.2, 0) is 4.79 Å². The molecule has 0 saturated heterocycles. The zero-order valence-electron chi connectivity index (χ0n) is 7.23. The molecule has 0 aliphatic heterocycles. The first-order valence-electron chi connectivity index (χ1n) is 3.64. The van der Waals surface area contributed by atoms with Gasteiger partial charge in [0.25, 0.3) is 0 Å². The van der Waals surface area contributed by atoms with E-state index >= 15 is 0 Å². The Morgan fingerprint density at radius 3 is 2.50 bits per heavy atom. The highest BCUT2D eigenvalue weighted by Gasteiger charge is 2.04. The molecule has 0 aliphatic rings. The summed E-state index contributed by atoms with van der Waals surface area (Å²) < 4.78 is 0. The van der Waals surface area contributed by atoms with Gasteiger partial charge in [0.05, 0.1) is 5.75 Å². The van der Waals surface area contributed by atoms with Gasteiger partial charge in [0, 0.05) is 6.07 Å². The van der Waals surface area contributed by atoms with E-state index in [1.807, 2.05) is 5.43 Å². The van der Waals surface area contributed by atoms with Crippen LogP contribution in [-0.4, -0.2) is 21.6 Å². The zero-order chi connectivity index (χ0) is 10.6. The van der Waals surface area contributed by atoms with Crippen molar-refractivity contribution in [2.24, 2.45) is 5.84 Å². The highest BCUT2D eigenvalue weighted by atomic mass is 32.2. The van der Waals surface area contributed by atoms with Gasteiger partial charge >= 0.3 is 0 Å². The molecule has 0 spiro atoms. The van der Waals surface area contributed by atoms with Crippen LogP contribution in [0.5, 0.6) is 0 Å². The number of hydrazine groups is 1. The predicted molar refractivity (Wildman–Crippen MR) is 53.9 cm³/mol. The number of nitrogens with zero attached hydrogens (tertiary/aromatic N) is 2. The predicted octanol–water partition coefficient (Wildman–Crippen LogP) is -1.28. The van der Waals surface area contributed by atoms with Crippen molar-refractivity contribution in [3.8, 4) is 0 Å². The minimum absolute atomic E-state index is 0.124. The van der Waals surface area contributed by atoms with Crippen LogP contribution in [0, 0.1) is 0 Å². The number of hydrogen-bond acceptors (Lipinski definition) is 7. The lowest BCUT2D eigenvalue weighted by Gasteiger charge is -2.01. The van der Waals surface area contributed by atoms with Gasteiger partial charge in [0.1, 0.15) is 11.6 Å². The maximum Gasteiger partial charge on any atom is 0.244 e. The van der Waals surface area contributed by atoms with E-state index in [0.717, 1.165) is 11.8 Å². The van der Waals surface area contributed by atoms with Crippen molar-refractivity contribution >= 4 is 29.3 Å². The number of nitrogens with one attached hydrogen (secondary N) is 1. The summed E-state index contributed by atoms with van der Waals surface area (Å²) in [6.45, 7) is 0. The molecule has 0 aromatic carbocycles. The summed E-state index contributed by atoms with van der Waals surface area (Å²) >= 11 is 1.11. The van der Waals surface area contributed by atoms with Crippen LogP contribution in [0.25, 0.3) is 0 Å². The molecule has 0 bridgehead atoms. The van der Waals surface area contributed by atoms with E-state index in [4.69, 9.17) is 17.3 Å². The maximum atomic E-state index is 10.8. The summed E-state index contributed by atoms with van der Waals surface area (Å²) in [5, 5.41) is 0.353. The molecule has 7 nitrogen and oxygen atoms in total. The minimum atomic E-state index is -0.320. The second-order valence-electron chi connectivity index (χ2n) is 2.36. The lowest BCUT2D eigenvalue weighted by Crippen LogP contribution is -2.31. The fourth-order valence-electron chi connectivity index (χ4n) is 0.698. The number of nitrogen functional groups attached to an aromatic ring is 2. The number of rotatable bonds is 3. The topological polar surface area (TPSA) is 133 Å². The first-order valence-corrected chi connectivity index (χ1v) is 4.62. The first kappa shape index (κ1) is 10.5. The Morgan fingerprint density at radius 1 is 1.43 bits per heavy atom. The van der Waals surface area contributed by atoms with Gasteiger partial charge in [0.2, 0.25) is 5.91 Å². The van der Waals surface area contributed by atoms with Crippen LogP contribution in [0.2, 0.25) is 0 Å². The molecule has 1 aromatic rings. The summed E-state index contributed by atoms with van der Waals surface area (Å²) in [7, 11) is 0. The van der Waals surface area contributed by atoms with Gasteiger partial charge in [0.15, 0.2) is 5.16 Å². The Hall–Kier alpha value is -1.54. The molecule has 0 atom stereocenters. The monoisotopic (exact) mass is 214 g/mol. The molecule has 1 amide bonds. The van der Waals surface area contributed by atoms with Crippen LogP contribution >= 0.6 is 11.8 Å². The quantitative estimate of drug-likeness (QED) is 0.162. The zero-order valence-corrected chi connectivity index (χ0v) is 8.04. The standard InChI is InChI=1S/C6H10N6OS/c7-3-1-4(8)11-6(10-3)14-2-5(13)12-9/h1H,2,9H2,(H,12,13)(H4,7,8,10,11). The maximum absolute atomic E-state index is 10.8. The van der Waals surface area contributed by atoms with E-state index in [2.05, 4.69) is 9.97 Å². The van der Waals surface area contributed by atoms with Crippen molar-refractivity contribution in [1.29, 1.82) is 0 Å². The van der Waals surface area contributed by atoms with Crippen molar-refractivity contribution in [2.45, 2.75) is 5.16 Å². The molecule has 1 rings (SSSR count). The van der Waals surface area contributed by atoms with E-state index in [1.165, 1.54) is 6.07 Å². The summed E-state index contributed by atoms with van der Waals surface area (Å²) in [6, 6.07) is 1.44. The second kappa shape index (κ2) is 4.63. The molecule has 14 heavy (non-hydrogen) atoms. The van der Waals surface area contributed by atoms with E-state index < -0.39 is 0 Å². The number of hydrogen-bond donors (Lipinski definition) is 4. The number of amides is 1. The molecule has 1 heterocycles. The van der Waals surface area contributed by atoms with Gasteiger partial charge in [-0.3, -0.25) is 10.2 Å². The van der Waals surface area contributed by atoms with E-state index in [0.29, 0.717) is 5.16 Å². The molecular formula is C6H10N6OS. The Kier molecular flexibility index (Phi) is 3.48. The van der Waals surface area contributed by atoms with E-state index in [1.54, 1.807) is 0 Å². The SMILES string of the molecule is NNC(=O)CSc1nc(N)cc(N)n1. The third-order valence-corrected chi connectivity index (χ3v) is 2.09. The first-order chi connectivity index (χ1) is 6.61. The molecule has 0 aliphatic carbocycles. The molecule has 8 heteroatoms. The average Bonchev–Trinajstić information content (AvgIpc) is 2.12. The van der Waals surface area contributed by atoms with Crippen LogP contribution < -0.4 is 22.7 Å². The van der Waals surface area contributed by atoms with Crippen molar-refractivity contribution in [3.63, 3.8) is 0 Å². The Morgan fingerprint density at radius 2 is 2.00 bits per heavy atom. The lowest BCUT2D eigenvalue weighted by molar-refractivity contribution is -0.118. The van der Waals surface area contributed by atoms with Crippen molar-refractivity contribution < 1.29 is 4.79 Å². The van der Waals surface area contributed by atoms with Crippen molar-refractivity contribution in [2.75, 3.05) is 17.2 Å². The lowest BCUT2D eigenvalue weighted by atomic mass is 10.5. The summed E-state index contributed by atoms with van der Waals surface area (Å²) in [6.07, 6.45) is 0. The fourth-order valence-corrected chi connectivity index (χ4v) is 1.38. The van der Waals surface area contributed by atoms with E-state index in [-0.39, 0.29) is 23.3 Å². The number of aromatic nitrogens is 2. The second-order valence-corrected chi connectivity index (χ2v) is 3.30. The summed E-state index contributed by atoms with van der Waals surface area (Å²) in [5.41, 5.74) is 12.8. The number of thioether (sulfide) groups is 1. The third-order valence-electron chi connectivity index (χ3n) is 1.24. The van der Waals surface area contributed by atoms with Crippen LogP contribution in [0.4, 0.5) is 11.6 Å². The van der Waals surface area contributed by atoms with E-state index in [9.17, 15) is 4.79 Å². The van der Waals surface area contributed by atoms with Gasteiger partial charge in [-0.1, -0.05) is 11.8 Å². The van der Waals surface area contributed by atoms with Gasteiger partial charge < -0.3 is 11.5 Å². The molecule has 0 radical (unpaired) electrons. The van der Waals surface area contributed by atoms with Crippen LogP contribution in [0.1, 0.15) is 0 Å². The molecule has 7 N–H and O–H groups in total. The smallest absolute Gasteiger partial charge is 0.244 e. The van der Waals surface area contributed by atoms with Crippen LogP contribution in [0.15, 0.2) is 11.2 Å². The Balaban J connectivity index is 2.63. The van der Waals surface area contributed by atoms with Gasteiger partial charge in [-0.15, -0.1) is 0 Å². The number of nitrogens with two attached hydrogens (primary N) is 3. The Bertz CT molecular complexity index is 323. The summed E-state index contributed by atoms with van der Waals surface area (Å²) in [4.78, 5) is 18.5. The third kappa shape index (κ3) is 3.07. The number of anilines is 2. The Labute approximate surface area is 84.4 Å². The average molecular weight is 214 g/mol. The van der Waals surface area contributed by atoms with Gasteiger partial charge in [-0.05, 0) is 0 Å². The van der Waals surface area contributed by atoms with Gasteiger partial charge in [-0.2, -0.15) is 0 Å². The van der Waals surface area contributed by atoms with Gasteiger partial charge in [-0.25, -0.2) is 15.8 Å². The molecule has 0 fully saturated rings. The van der Waals surface area contributed by atoms with Crippen LogP contribution in [0.3, 0.4) is 0 Å². The summed E-state index contributed by atoms with van der Waals surface area (Å²) in [5.74, 6) is 5.24. The largest absolute Gasteiger partial charge is 0.383 e. The molecule has 0 saturated carbocycles. The normalized spacial score (nSPS) is 9.79. The number of carbonyl (C=O) groups excluding carboxylic acids is 1. The van der Waals surface area contributed by atoms with Crippen molar-refractivity contribution in [3.05, 3.63) is 6.07 Å².